The summed E-state index contributed by atoms with van der Waals surface area (Å²) in [6, 6.07) is 2.33. The second-order valence-corrected chi connectivity index (χ2v) is 18.0. The molecule has 14 heteroatoms. The summed E-state index contributed by atoms with van der Waals surface area (Å²) in [5, 5.41) is 5.44. The van der Waals surface area contributed by atoms with Crippen molar-refractivity contribution in [2.75, 3.05) is 27.3 Å². The van der Waals surface area contributed by atoms with Crippen LogP contribution in [0.25, 0.3) is 0 Å². The summed E-state index contributed by atoms with van der Waals surface area (Å²) >= 11 is 0. The molecule has 324 valence electrons. The van der Waals surface area contributed by atoms with Gasteiger partial charge in [-0.1, -0.05) is 58.8 Å². The zero-order valence-electron chi connectivity index (χ0n) is 36.4. The number of ether oxygens (including phenoxy) is 2. The fourth-order valence-corrected chi connectivity index (χ4v) is 9.81. The molecule has 2 aliphatic heterocycles. The van der Waals surface area contributed by atoms with Crippen LogP contribution in [0.5, 0.6) is 0 Å². The van der Waals surface area contributed by atoms with Crippen molar-refractivity contribution in [1.29, 1.82) is 0 Å². The van der Waals surface area contributed by atoms with Gasteiger partial charge in [0.05, 0.1) is 38.7 Å². The number of carbonyl (C=O) groups is 4. The van der Waals surface area contributed by atoms with Crippen LogP contribution in [0.2, 0.25) is 0 Å². The van der Waals surface area contributed by atoms with Crippen molar-refractivity contribution in [2.24, 2.45) is 17.3 Å². The van der Waals surface area contributed by atoms with Crippen molar-refractivity contribution in [3.63, 3.8) is 0 Å². The Morgan fingerprint density at radius 3 is 1.74 bits per heavy atom. The summed E-state index contributed by atoms with van der Waals surface area (Å²) in [5.41, 5.74) is 6.12. The number of alkyl carbamates (subject to hydrolysis) is 2. The SMILES string of the molecule is COC(=O)N[C@@H](CC(C)C)C(=O)N1CCC[C@H]1c1ncc(C#Cc2ccc(C#Cc3cnc(C4CCCN4C(=O)[C@H](NC(=O)OC)C(C)C)[nH]3)c3c2CC2(CCCCC2)C3)[nH]1. The van der Waals surface area contributed by atoms with E-state index < -0.39 is 24.3 Å². The molecule has 3 fully saturated rings. The Balaban J connectivity index is 1.10. The molecule has 1 aromatic carbocycles. The number of aromatic amines is 2. The molecule has 0 radical (unpaired) electrons. The van der Waals surface area contributed by atoms with Crippen LogP contribution in [0, 0.1) is 40.9 Å². The van der Waals surface area contributed by atoms with E-state index in [1.165, 1.54) is 57.5 Å². The Hall–Kier alpha value is -5.76. The molecule has 14 nitrogen and oxygen atoms in total. The maximum absolute atomic E-state index is 13.7. The number of nitrogens with one attached hydrogen (secondary N) is 4. The number of imidazole rings is 2. The first-order valence-electron chi connectivity index (χ1n) is 22.0. The molecule has 61 heavy (non-hydrogen) atoms. The molecule has 4 heterocycles. The van der Waals surface area contributed by atoms with Gasteiger partial charge in [-0.2, -0.15) is 0 Å². The molecular formula is C47H60N8O6. The number of hydrogen-bond acceptors (Lipinski definition) is 8. The molecule has 1 saturated carbocycles. The van der Waals surface area contributed by atoms with E-state index in [2.05, 4.69) is 66.4 Å². The van der Waals surface area contributed by atoms with Crippen molar-refractivity contribution in [2.45, 2.75) is 129 Å². The van der Waals surface area contributed by atoms with Crippen molar-refractivity contribution < 1.29 is 28.7 Å². The highest BCUT2D eigenvalue weighted by Gasteiger charge is 2.41. The van der Waals surface area contributed by atoms with Gasteiger partial charge in [-0.05, 0) is 110 Å². The van der Waals surface area contributed by atoms with Crippen LogP contribution < -0.4 is 10.6 Å². The van der Waals surface area contributed by atoms with E-state index in [9.17, 15) is 19.2 Å². The highest BCUT2D eigenvalue weighted by atomic mass is 16.5. The summed E-state index contributed by atoms with van der Waals surface area (Å²) in [5.74, 6) is 14.8. The van der Waals surface area contributed by atoms with E-state index >= 15 is 0 Å². The molecule has 0 bridgehead atoms. The topological polar surface area (TPSA) is 175 Å². The fourth-order valence-electron chi connectivity index (χ4n) is 9.81. The summed E-state index contributed by atoms with van der Waals surface area (Å²) < 4.78 is 9.59. The average molecular weight is 833 g/mol. The highest BCUT2D eigenvalue weighted by molar-refractivity contribution is 5.87. The number of aromatic nitrogens is 4. The summed E-state index contributed by atoms with van der Waals surface area (Å²) in [6.07, 6.45) is 14.0. The van der Waals surface area contributed by atoms with Crippen LogP contribution in [-0.2, 0) is 31.9 Å². The predicted octanol–water partition coefficient (Wildman–Crippen LogP) is 6.46. The van der Waals surface area contributed by atoms with E-state index in [1.807, 2.05) is 32.6 Å². The predicted molar refractivity (Wildman–Crippen MR) is 229 cm³/mol. The molecule has 4 amide bonds. The molecule has 2 aromatic heterocycles. The molecule has 2 aliphatic carbocycles. The first-order valence-corrected chi connectivity index (χ1v) is 22.0. The fraction of sp³-hybridized carbons (Fsp3) is 0.574. The van der Waals surface area contributed by atoms with Crippen molar-refractivity contribution in [1.82, 2.24) is 40.4 Å². The number of amides is 4. The standard InChI is InChI=1S/C47H60N8O6/c1-29(2)24-37(52-45(58)60-5)43(56)54-22-10-12-38(54)41-48-27-33(50-41)18-16-31-14-15-32(36-26-47(25-35(31)36)20-8-7-9-21-47)17-19-34-28-49-42(51-34)39-13-11-23-55(39)44(57)40(30(3)4)53-46(59)61-6/h14-15,27-30,37-40H,7-13,20-26H2,1-6H3,(H,48,50)(H,49,51)(H,52,58)(H,53,59)/t37-,38-,39?,40+/m0/s1. The van der Waals surface area contributed by atoms with Gasteiger partial charge in [0.15, 0.2) is 0 Å². The second kappa shape index (κ2) is 18.9. The first kappa shape index (κ1) is 43.3. The number of benzene rings is 1. The zero-order valence-corrected chi connectivity index (χ0v) is 36.4. The molecule has 1 unspecified atom stereocenters. The van der Waals surface area contributed by atoms with E-state index in [-0.39, 0.29) is 41.1 Å². The van der Waals surface area contributed by atoms with Gasteiger partial charge >= 0.3 is 12.2 Å². The molecule has 2 saturated heterocycles. The molecule has 4 N–H and O–H groups in total. The molecular weight excluding hydrogens is 773 g/mol. The second-order valence-electron chi connectivity index (χ2n) is 18.0. The first-order chi connectivity index (χ1) is 29.4. The van der Waals surface area contributed by atoms with Crippen LogP contribution in [0.4, 0.5) is 9.59 Å². The average Bonchev–Trinajstić information content (AvgIpc) is 4.10. The number of rotatable bonds is 9. The Morgan fingerprint density at radius 2 is 1.25 bits per heavy atom. The zero-order chi connectivity index (χ0) is 43.3. The maximum atomic E-state index is 13.7. The van der Waals surface area contributed by atoms with Crippen LogP contribution in [0.3, 0.4) is 0 Å². The molecule has 4 aliphatic rings. The number of likely N-dealkylation sites (tertiary alicyclic amines) is 2. The Labute approximate surface area is 359 Å². The van der Waals surface area contributed by atoms with E-state index in [4.69, 9.17) is 9.47 Å². The van der Waals surface area contributed by atoms with Crippen molar-refractivity contribution in [3.05, 3.63) is 69.8 Å². The third kappa shape index (κ3) is 9.75. The minimum Gasteiger partial charge on any atom is -0.453 e. The lowest BCUT2D eigenvalue weighted by molar-refractivity contribution is -0.136. The molecule has 1 spiro atoms. The lowest BCUT2D eigenvalue weighted by atomic mass is 9.72. The van der Waals surface area contributed by atoms with Crippen LogP contribution >= 0.6 is 0 Å². The number of nitrogens with zero attached hydrogens (tertiary/aromatic N) is 4. The van der Waals surface area contributed by atoms with Crippen molar-refractivity contribution >= 4 is 24.0 Å². The summed E-state index contributed by atoms with van der Waals surface area (Å²) in [6.45, 7) is 9.02. The number of H-pyrrole nitrogens is 2. The largest absolute Gasteiger partial charge is 0.453 e. The maximum Gasteiger partial charge on any atom is 0.407 e. The van der Waals surface area contributed by atoms with E-state index in [0.717, 1.165) is 49.7 Å². The van der Waals surface area contributed by atoms with Gasteiger partial charge in [0.2, 0.25) is 11.8 Å². The normalized spacial score (nSPS) is 20.1. The van der Waals surface area contributed by atoms with Gasteiger partial charge in [0.25, 0.3) is 0 Å². The number of fused-ring (bicyclic) bond motifs is 1. The minimum atomic E-state index is -0.701. The number of carbonyl (C=O) groups excluding carboxylic acids is 4. The Bertz CT molecular complexity index is 2230. The molecule has 3 aromatic rings. The van der Waals surface area contributed by atoms with Gasteiger partial charge < -0.3 is 39.9 Å². The Morgan fingerprint density at radius 1 is 0.738 bits per heavy atom. The number of hydrogen-bond donors (Lipinski definition) is 4. The quantitative estimate of drug-likeness (QED) is 0.178. The Kier molecular flexibility index (Phi) is 13.4. The van der Waals surface area contributed by atoms with Crippen molar-refractivity contribution in [3.8, 4) is 23.7 Å². The third-order valence-corrected chi connectivity index (χ3v) is 12.9. The van der Waals surface area contributed by atoms with Crippen LogP contribution in [0.15, 0.2) is 24.5 Å². The van der Waals surface area contributed by atoms with Gasteiger partial charge in [0, 0.05) is 24.2 Å². The van der Waals surface area contributed by atoms with Gasteiger partial charge in [-0.25, -0.2) is 19.6 Å². The lowest BCUT2D eigenvalue weighted by Gasteiger charge is -2.33. The van der Waals surface area contributed by atoms with E-state index in [0.29, 0.717) is 42.5 Å². The molecule has 7 rings (SSSR count). The monoisotopic (exact) mass is 832 g/mol. The molecule has 4 atom stereocenters. The van der Waals surface area contributed by atoms with Gasteiger partial charge in [-0.15, -0.1) is 0 Å². The van der Waals surface area contributed by atoms with Gasteiger partial charge in [-0.3, -0.25) is 9.59 Å². The number of methoxy groups -OCH3 is 2. The lowest BCUT2D eigenvalue weighted by Crippen LogP contribution is -2.51. The highest BCUT2D eigenvalue weighted by Crippen LogP contribution is 2.49. The minimum absolute atomic E-state index is 0.115. The van der Waals surface area contributed by atoms with E-state index in [1.54, 1.807) is 17.3 Å². The van der Waals surface area contributed by atoms with Crippen LogP contribution in [-0.4, -0.2) is 93.1 Å². The third-order valence-electron chi connectivity index (χ3n) is 12.9. The summed E-state index contributed by atoms with van der Waals surface area (Å²) in [4.78, 5) is 71.3. The van der Waals surface area contributed by atoms with Crippen LogP contribution in [0.1, 0.15) is 149 Å². The summed E-state index contributed by atoms with van der Waals surface area (Å²) in [7, 11) is 2.59. The van der Waals surface area contributed by atoms with Gasteiger partial charge in [0.1, 0.15) is 35.1 Å². The smallest absolute Gasteiger partial charge is 0.407 e.